The van der Waals surface area contributed by atoms with E-state index in [-0.39, 0.29) is 5.78 Å². The molecule has 2 aromatic rings. The van der Waals surface area contributed by atoms with Crippen molar-refractivity contribution in [3.8, 4) is 0 Å². The van der Waals surface area contributed by atoms with Gasteiger partial charge in [0.1, 0.15) is 0 Å². The SMILES string of the molecule is COC(=O)c1ccc(C(=O)c2ccc(C)cc2)cc1. The van der Waals surface area contributed by atoms with Gasteiger partial charge < -0.3 is 4.74 Å². The Labute approximate surface area is 111 Å². The van der Waals surface area contributed by atoms with Crippen LogP contribution in [0.5, 0.6) is 0 Å². The Morgan fingerprint density at radius 3 is 1.68 bits per heavy atom. The molecule has 0 atom stereocenters. The number of rotatable bonds is 3. The summed E-state index contributed by atoms with van der Waals surface area (Å²) in [4.78, 5) is 23.5. The molecule has 0 amide bonds. The molecule has 2 rings (SSSR count). The lowest BCUT2D eigenvalue weighted by atomic mass is 10.0. The molecule has 0 aliphatic rings. The van der Waals surface area contributed by atoms with Gasteiger partial charge in [-0.2, -0.15) is 0 Å². The fourth-order valence-electron chi connectivity index (χ4n) is 1.75. The lowest BCUT2D eigenvalue weighted by Gasteiger charge is -2.03. The molecule has 0 fully saturated rings. The molecule has 96 valence electrons. The summed E-state index contributed by atoms with van der Waals surface area (Å²) >= 11 is 0. The third kappa shape index (κ3) is 2.88. The van der Waals surface area contributed by atoms with Crippen LogP contribution in [0.2, 0.25) is 0 Å². The van der Waals surface area contributed by atoms with Gasteiger partial charge in [0, 0.05) is 11.1 Å². The standard InChI is InChI=1S/C16H14O3/c1-11-3-5-12(6-4-11)15(17)13-7-9-14(10-8-13)16(18)19-2/h3-10H,1-2H3. The van der Waals surface area contributed by atoms with E-state index < -0.39 is 5.97 Å². The summed E-state index contributed by atoms with van der Waals surface area (Å²) < 4.78 is 4.61. The molecule has 0 saturated carbocycles. The Hall–Kier alpha value is -2.42. The fraction of sp³-hybridized carbons (Fsp3) is 0.125. The normalized spacial score (nSPS) is 10.0. The Balaban J connectivity index is 2.25. The predicted molar refractivity (Wildman–Crippen MR) is 72.4 cm³/mol. The summed E-state index contributed by atoms with van der Waals surface area (Å²) in [6, 6.07) is 13.8. The number of hydrogen-bond donors (Lipinski definition) is 0. The van der Waals surface area contributed by atoms with Gasteiger partial charge in [-0.05, 0) is 19.1 Å². The maximum absolute atomic E-state index is 12.2. The van der Waals surface area contributed by atoms with Crippen molar-refractivity contribution in [3.05, 3.63) is 70.8 Å². The van der Waals surface area contributed by atoms with Crippen LogP contribution >= 0.6 is 0 Å². The lowest BCUT2D eigenvalue weighted by Crippen LogP contribution is -2.04. The molecule has 0 aliphatic carbocycles. The lowest BCUT2D eigenvalue weighted by molar-refractivity contribution is 0.0600. The zero-order valence-electron chi connectivity index (χ0n) is 10.8. The average Bonchev–Trinajstić information content (AvgIpc) is 2.46. The number of hydrogen-bond acceptors (Lipinski definition) is 3. The maximum atomic E-state index is 12.2. The van der Waals surface area contributed by atoms with E-state index in [1.54, 1.807) is 36.4 Å². The molecule has 3 nitrogen and oxygen atoms in total. The highest BCUT2D eigenvalue weighted by Crippen LogP contribution is 2.12. The highest BCUT2D eigenvalue weighted by atomic mass is 16.5. The second-order valence-electron chi connectivity index (χ2n) is 4.26. The van der Waals surface area contributed by atoms with Crippen LogP contribution in [0.1, 0.15) is 31.8 Å². The predicted octanol–water partition coefficient (Wildman–Crippen LogP) is 3.01. The van der Waals surface area contributed by atoms with Crippen molar-refractivity contribution < 1.29 is 14.3 Å². The maximum Gasteiger partial charge on any atom is 0.337 e. The number of esters is 1. The number of ether oxygens (including phenoxy) is 1. The van der Waals surface area contributed by atoms with Crippen molar-refractivity contribution in [1.82, 2.24) is 0 Å². The molecule has 0 radical (unpaired) electrons. The highest BCUT2D eigenvalue weighted by molar-refractivity contribution is 6.09. The average molecular weight is 254 g/mol. The molecular formula is C16H14O3. The van der Waals surface area contributed by atoms with Gasteiger partial charge in [-0.1, -0.05) is 42.0 Å². The van der Waals surface area contributed by atoms with Gasteiger partial charge in [-0.15, -0.1) is 0 Å². The molecule has 0 unspecified atom stereocenters. The second kappa shape index (κ2) is 5.48. The molecule has 2 aromatic carbocycles. The van der Waals surface area contributed by atoms with E-state index in [0.717, 1.165) is 5.56 Å². The summed E-state index contributed by atoms with van der Waals surface area (Å²) in [6.07, 6.45) is 0. The monoisotopic (exact) mass is 254 g/mol. The van der Waals surface area contributed by atoms with Crippen LogP contribution < -0.4 is 0 Å². The third-order valence-electron chi connectivity index (χ3n) is 2.88. The smallest absolute Gasteiger partial charge is 0.337 e. The van der Waals surface area contributed by atoms with Crippen LogP contribution in [-0.2, 0) is 4.74 Å². The van der Waals surface area contributed by atoms with E-state index in [1.165, 1.54) is 7.11 Å². The number of aryl methyl sites for hydroxylation is 1. The van der Waals surface area contributed by atoms with E-state index in [4.69, 9.17) is 0 Å². The van der Waals surface area contributed by atoms with Gasteiger partial charge in [0.2, 0.25) is 0 Å². The second-order valence-corrected chi connectivity index (χ2v) is 4.26. The van der Waals surface area contributed by atoms with Gasteiger partial charge in [0.15, 0.2) is 5.78 Å². The van der Waals surface area contributed by atoms with Crippen molar-refractivity contribution in [3.63, 3.8) is 0 Å². The van der Waals surface area contributed by atoms with Crippen LogP contribution in [0.15, 0.2) is 48.5 Å². The topological polar surface area (TPSA) is 43.4 Å². The number of carbonyl (C=O) groups excluding carboxylic acids is 2. The van der Waals surface area contributed by atoms with Crippen molar-refractivity contribution >= 4 is 11.8 Å². The van der Waals surface area contributed by atoms with Crippen LogP contribution in [0.25, 0.3) is 0 Å². The van der Waals surface area contributed by atoms with Crippen LogP contribution in [0.3, 0.4) is 0 Å². The molecule has 0 aromatic heterocycles. The van der Waals surface area contributed by atoms with Crippen LogP contribution in [0, 0.1) is 6.92 Å². The van der Waals surface area contributed by atoms with E-state index in [9.17, 15) is 9.59 Å². The minimum Gasteiger partial charge on any atom is -0.465 e. The molecule has 0 aliphatic heterocycles. The first-order valence-corrected chi connectivity index (χ1v) is 5.91. The van der Waals surface area contributed by atoms with Gasteiger partial charge >= 0.3 is 5.97 Å². The highest BCUT2D eigenvalue weighted by Gasteiger charge is 2.10. The van der Waals surface area contributed by atoms with Gasteiger partial charge in [0.25, 0.3) is 0 Å². The molecule has 3 heteroatoms. The Morgan fingerprint density at radius 1 is 0.789 bits per heavy atom. The van der Waals surface area contributed by atoms with E-state index in [2.05, 4.69) is 4.74 Å². The first-order chi connectivity index (χ1) is 9.11. The molecule has 0 N–H and O–H groups in total. The Kier molecular flexibility index (Phi) is 3.76. The molecule has 0 bridgehead atoms. The minimum atomic E-state index is -0.408. The first-order valence-electron chi connectivity index (χ1n) is 5.91. The zero-order chi connectivity index (χ0) is 13.8. The number of methoxy groups -OCH3 is 1. The molecule has 0 spiro atoms. The summed E-state index contributed by atoms with van der Waals surface area (Å²) in [5.41, 5.74) is 2.73. The van der Waals surface area contributed by atoms with E-state index in [1.807, 2.05) is 19.1 Å². The largest absolute Gasteiger partial charge is 0.465 e. The summed E-state index contributed by atoms with van der Waals surface area (Å²) in [7, 11) is 1.33. The van der Waals surface area contributed by atoms with Crippen LogP contribution in [-0.4, -0.2) is 18.9 Å². The fourth-order valence-corrected chi connectivity index (χ4v) is 1.75. The van der Waals surface area contributed by atoms with Crippen molar-refractivity contribution in [2.24, 2.45) is 0 Å². The van der Waals surface area contributed by atoms with E-state index >= 15 is 0 Å². The van der Waals surface area contributed by atoms with Crippen molar-refractivity contribution in [2.45, 2.75) is 6.92 Å². The van der Waals surface area contributed by atoms with E-state index in [0.29, 0.717) is 16.7 Å². The Morgan fingerprint density at radius 2 is 1.21 bits per heavy atom. The number of ketones is 1. The molecule has 19 heavy (non-hydrogen) atoms. The van der Waals surface area contributed by atoms with Crippen molar-refractivity contribution in [1.29, 1.82) is 0 Å². The molecular weight excluding hydrogens is 240 g/mol. The zero-order valence-corrected chi connectivity index (χ0v) is 10.8. The summed E-state index contributed by atoms with van der Waals surface area (Å²) in [5, 5.41) is 0. The summed E-state index contributed by atoms with van der Waals surface area (Å²) in [6.45, 7) is 1.97. The van der Waals surface area contributed by atoms with Crippen LogP contribution in [0.4, 0.5) is 0 Å². The summed E-state index contributed by atoms with van der Waals surface area (Å²) in [5.74, 6) is -0.467. The molecule has 0 heterocycles. The number of carbonyl (C=O) groups is 2. The minimum absolute atomic E-state index is 0.0589. The van der Waals surface area contributed by atoms with Gasteiger partial charge in [-0.3, -0.25) is 4.79 Å². The van der Waals surface area contributed by atoms with Gasteiger partial charge in [0.05, 0.1) is 12.7 Å². The Bertz CT molecular complexity index is 595. The first kappa shape index (κ1) is 13.0. The third-order valence-corrected chi connectivity index (χ3v) is 2.88. The quantitative estimate of drug-likeness (QED) is 0.624. The van der Waals surface area contributed by atoms with Crippen molar-refractivity contribution in [2.75, 3.05) is 7.11 Å². The number of benzene rings is 2. The van der Waals surface area contributed by atoms with Gasteiger partial charge in [-0.25, -0.2) is 4.79 Å². The molecule has 0 saturated heterocycles.